The van der Waals surface area contributed by atoms with Crippen molar-refractivity contribution in [1.82, 2.24) is 5.32 Å². The summed E-state index contributed by atoms with van der Waals surface area (Å²) in [7, 11) is 0. The van der Waals surface area contributed by atoms with Crippen molar-refractivity contribution in [1.29, 1.82) is 0 Å². The third-order valence-electron chi connectivity index (χ3n) is 3.65. The van der Waals surface area contributed by atoms with Gasteiger partial charge in [-0.05, 0) is 42.9 Å². The van der Waals surface area contributed by atoms with E-state index in [9.17, 15) is 0 Å². The summed E-state index contributed by atoms with van der Waals surface area (Å²) < 4.78 is 5.73. The molecule has 3 rings (SSSR count). The second kappa shape index (κ2) is 5.50. The minimum Gasteiger partial charge on any atom is -0.492 e. The van der Waals surface area contributed by atoms with Gasteiger partial charge < -0.3 is 10.1 Å². The first-order chi connectivity index (χ1) is 8.81. The van der Waals surface area contributed by atoms with E-state index < -0.39 is 0 Å². The topological polar surface area (TPSA) is 21.3 Å². The Morgan fingerprint density at radius 3 is 2.72 bits per heavy atom. The van der Waals surface area contributed by atoms with Gasteiger partial charge in [-0.15, -0.1) is 0 Å². The summed E-state index contributed by atoms with van der Waals surface area (Å²) in [5, 5.41) is 4.22. The predicted molar refractivity (Wildman–Crippen MR) is 74.1 cm³/mol. The van der Waals surface area contributed by atoms with E-state index in [-0.39, 0.29) is 0 Å². The fraction of sp³-hybridized carbons (Fsp3) is 0.600. The SMILES string of the molecule is Clc1cc(CNC2CC2)ccc1OCCC1CC1. The fourth-order valence-corrected chi connectivity index (χ4v) is 2.32. The van der Waals surface area contributed by atoms with Crippen LogP contribution in [-0.4, -0.2) is 12.6 Å². The van der Waals surface area contributed by atoms with Crippen LogP contribution >= 0.6 is 11.6 Å². The van der Waals surface area contributed by atoms with E-state index in [1.54, 1.807) is 0 Å². The highest BCUT2D eigenvalue weighted by Crippen LogP contribution is 2.33. The maximum absolute atomic E-state index is 6.24. The Labute approximate surface area is 114 Å². The molecule has 1 aromatic rings. The summed E-state index contributed by atoms with van der Waals surface area (Å²) in [5.74, 6) is 1.73. The number of benzene rings is 1. The van der Waals surface area contributed by atoms with Gasteiger partial charge in [0.1, 0.15) is 5.75 Å². The molecule has 2 saturated carbocycles. The lowest BCUT2D eigenvalue weighted by molar-refractivity contribution is 0.302. The summed E-state index contributed by atoms with van der Waals surface area (Å²) in [6.07, 6.45) is 6.55. The minimum absolute atomic E-state index is 0.734. The Kier molecular flexibility index (Phi) is 3.76. The largest absolute Gasteiger partial charge is 0.492 e. The molecule has 0 bridgehead atoms. The van der Waals surface area contributed by atoms with Crippen molar-refractivity contribution >= 4 is 11.6 Å². The standard InChI is InChI=1S/C15H20ClNO/c16-14-9-12(10-17-13-4-5-13)3-6-15(14)18-8-7-11-1-2-11/h3,6,9,11,13,17H,1-2,4-5,7-8,10H2. The van der Waals surface area contributed by atoms with Gasteiger partial charge in [-0.2, -0.15) is 0 Å². The molecule has 2 aliphatic carbocycles. The van der Waals surface area contributed by atoms with E-state index >= 15 is 0 Å². The van der Waals surface area contributed by atoms with Gasteiger partial charge >= 0.3 is 0 Å². The quantitative estimate of drug-likeness (QED) is 0.810. The summed E-state index contributed by atoms with van der Waals surface area (Å²) in [5.41, 5.74) is 1.24. The molecule has 98 valence electrons. The van der Waals surface area contributed by atoms with Gasteiger partial charge in [0, 0.05) is 12.6 Å². The summed E-state index contributed by atoms with van der Waals surface area (Å²) >= 11 is 6.24. The van der Waals surface area contributed by atoms with Crippen molar-refractivity contribution in [3.63, 3.8) is 0 Å². The predicted octanol–water partition coefficient (Wildman–Crippen LogP) is 3.77. The van der Waals surface area contributed by atoms with Crippen molar-refractivity contribution in [2.45, 2.75) is 44.7 Å². The molecule has 2 nitrogen and oxygen atoms in total. The zero-order valence-corrected chi connectivity index (χ0v) is 11.4. The number of hydrogen-bond acceptors (Lipinski definition) is 2. The van der Waals surface area contributed by atoms with Gasteiger partial charge in [0.05, 0.1) is 11.6 Å². The Morgan fingerprint density at radius 1 is 1.22 bits per heavy atom. The molecule has 3 heteroatoms. The molecule has 18 heavy (non-hydrogen) atoms. The van der Waals surface area contributed by atoms with Gasteiger partial charge in [0.2, 0.25) is 0 Å². The Hall–Kier alpha value is -0.730. The molecule has 0 aromatic heterocycles. The summed E-state index contributed by atoms with van der Waals surface area (Å²) in [4.78, 5) is 0. The zero-order valence-electron chi connectivity index (χ0n) is 10.6. The zero-order chi connectivity index (χ0) is 12.4. The highest BCUT2D eigenvalue weighted by atomic mass is 35.5. The van der Waals surface area contributed by atoms with Crippen LogP contribution in [0.4, 0.5) is 0 Å². The van der Waals surface area contributed by atoms with Crippen LogP contribution in [0.2, 0.25) is 5.02 Å². The van der Waals surface area contributed by atoms with Crippen LogP contribution in [0.15, 0.2) is 18.2 Å². The highest BCUT2D eigenvalue weighted by Gasteiger charge is 2.21. The first-order valence-electron chi connectivity index (χ1n) is 6.96. The van der Waals surface area contributed by atoms with Crippen LogP contribution in [0.5, 0.6) is 5.75 Å². The minimum atomic E-state index is 0.734. The lowest BCUT2D eigenvalue weighted by atomic mass is 10.2. The fourth-order valence-electron chi connectivity index (χ4n) is 2.06. The maximum Gasteiger partial charge on any atom is 0.137 e. The number of nitrogens with one attached hydrogen (secondary N) is 1. The van der Waals surface area contributed by atoms with Crippen molar-refractivity contribution < 1.29 is 4.74 Å². The van der Waals surface area contributed by atoms with E-state index in [0.717, 1.165) is 35.9 Å². The molecule has 0 unspecified atom stereocenters. The Bertz CT molecular complexity index is 413. The molecular weight excluding hydrogens is 246 g/mol. The molecule has 1 aromatic carbocycles. The lowest BCUT2D eigenvalue weighted by Crippen LogP contribution is -2.15. The average molecular weight is 266 g/mol. The third-order valence-corrected chi connectivity index (χ3v) is 3.94. The normalized spacial score (nSPS) is 18.9. The second-order valence-corrected chi connectivity index (χ2v) is 5.91. The molecular formula is C15H20ClNO. The van der Waals surface area contributed by atoms with Crippen LogP contribution in [-0.2, 0) is 6.54 Å². The van der Waals surface area contributed by atoms with Crippen LogP contribution in [0.25, 0.3) is 0 Å². The molecule has 2 aliphatic rings. The molecule has 2 fully saturated rings. The number of rotatable bonds is 7. The molecule has 0 aliphatic heterocycles. The van der Waals surface area contributed by atoms with E-state index in [1.165, 1.54) is 37.7 Å². The molecule has 0 heterocycles. The Morgan fingerprint density at radius 2 is 2.06 bits per heavy atom. The van der Waals surface area contributed by atoms with Gasteiger partial charge in [-0.3, -0.25) is 0 Å². The molecule has 0 saturated heterocycles. The summed E-state index contributed by atoms with van der Waals surface area (Å²) in [6, 6.07) is 6.86. The van der Waals surface area contributed by atoms with Crippen LogP contribution in [0.1, 0.15) is 37.7 Å². The van der Waals surface area contributed by atoms with Crippen molar-refractivity contribution in [2.75, 3.05) is 6.61 Å². The highest BCUT2D eigenvalue weighted by molar-refractivity contribution is 6.32. The smallest absolute Gasteiger partial charge is 0.137 e. The van der Waals surface area contributed by atoms with E-state index in [1.807, 2.05) is 12.1 Å². The van der Waals surface area contributed by atoms with Crippen LogP contribution < -0.4 is 10.1 Å². The van der Waals surface area contributed by atoms with Crippen LogP contribution in [0.3, 0.4) is 0 Å². The first-order valence-corrected chi connectivity index (χ1v) is 7.33. The third kappa shape index (κ3) is 3.63. The molecule has 0 radical (unpaired) electrons. The van der Waals surface area contributed by atoms with Gasteiger partial charge in [0.25, 0.3) is 0 Å². The van der Waals surface area contributed by atoms with Crippen molar-refractivity contribution in [3.05, 3.63) is 28.8 Å². The number of halogens is 1. The number of ether oxygens (including phenoxy) is 1. The first kappa shape index (κ1) is 12.3. The monoisotopic (exact) mass is 265 g/mol. The molecule has 0 spiro atoms. The van der Waals surface area contributed by atoms with Gasteiger partial charge in [-0.25, -0.2) is 0 Å². The molecule has 1 N–H and O–H groups in total. The van der Waals surface area contributed by atoms with E-state index in [2.05, 4.69) is 11.4 Å². The van der Waals surface area contributed by atoms with Gasteiger partial charge in [-0.1, -0.05) is 30.5 Å². The van der Waals surface area contributed by atoms with E-state index in [0.29, 0.717) is 0 Å². The maximum atomic E-state index is 6.24. The summed E-state index contributed by atoms with van der Waals surface area (Å²) in [6.45, 7) is 1.71. The lowest BCUT2D eigenvalue weighted by Gasteiger charge is -2.09. The van der Waals surface area contributed by atoms with Crippen LogP contribution in [0, 0.1) is 5.92 Å². The molecule has 0 amide bonds. The van der Waals surface area contributed by atoms with Gasteiger partial charge in [0.15, 0.2) is 0 Å². The van der Waals surface area contributed by atoms with Crippen molar-refractivity contribution in [2.24, 2.45) is 5.92 Å². The second-order valence-electron chi connectivity index (χ2n) is 5.50. The van der Waals surface area contributed by atoms with E-state index in [4.69, 9.17) is 16.3 Å². The van der Waals surface area contributed by atoms with Crippen molar-refractivity contribution in [3.8, 4) is 5.75 Å². The Balaban J connectivity index is 1.49. The average Bonchev–Trinajstić information content (AvgIpc) is 3.24. The number of hydrogen-bond donors (Lipinski definition) is 1. The molecule has 0 atom stereocenters.